The zero-order chi connectivity index (χ0) is 12.1. The second-order valence-corrected chi connectivity index (χ2v) is 3.20. The molecule has 0 aromatic heterocycles. The fraction of sp³-hybridized carbons (Fsp3) is 0.571. The normalized spacial score (nSPS) is 18.2. The first-order valence-corrected chi connectivity index (χ1v) is 4.78. The predicted molar refractivity (Wildman–Crippen MR) is 54.0 cm³/mol. The molecule has 1 rings (SSSR count). The van der Waals surface area contributed by atoms with E-state index >= 15 is 0 Å². The van der Waals surface area contributed by atoms with E-state index in [1.807, 2.05) is 6.20 Å². The molecule has 0 saturated carbocycles. The van der Waals surface area contributed by atoms with Crippen molar-refractivity contribution < 1.29 is 21.7 Å². The number of hydrogen-bond donors (Lipinski definition) is 0. The molecule has 88 valence electrons. The van der Waals surface area contributed by atoms with Gasteiger partial charge >= 0.3 is 12.5 Å². The van der Waals surface area contributed by atoms with Gasteiger partial charge in [-0.3, -0.25) is 0 Å². The van der Waals surface area contributed by atoms with Crippen LogP contribution in [0.3, 0.4) is 0 Å². The van der Waals surface area contributed by atoms with Gasteiger partial charge in [-0.2, -0.15) is 4.99 Å². The van der Waals surface area contributed by atoms with E-state index < -0.39 is 7.25 Å². The summed E-state index contributed by atoms with van der Waals surface area (Å²) in [5.74, 6) is 0. The van der Waals surface area contributed by atoms with Crippen LogP contribution in [0.1, 0.15) is 13.8 Å². The lowest BCUT2D eigenvalue weighted by Crippen LogP contribution is -2.43. The molecule has 0 N–H and O–H groups in total. The van der Waals surface area contributed by atoms with Gasteiger partial charge in [-0.05, 0) is 13.8 Å². The minimum atomic E-state index is -6.00. The van der Waals surface area contributed by atoms with Gasteiger partial charge in [0.05, 0.1) is 19.3 Å². The Morgan fingerprint density at radius 2 is 1.67 bits per heavy atom. The molecule has 0 fully saturated rings. The van der Waals surface area contributed by atoms with Crippen molar-refractivity contribution in [1.82, 2.24) is 0 Å². The quantitative estimate of drug-likeness (QED) is 0.307. The highest BCUT2D eigenvalue weighted by molar-refractivity contribution is 6.62. The van der Waals surface area contributed by atoms with Crippen molar-refractivity contribution in [3.05, 3.63) is 12.4 Å². The number of amidine groups is 1. The molecule has 1 aliphatic rings. The minimum absolute atomic E-state index is 0.685. The largest absolute Gasteiger partial charge is 0.673 e. The maximum atomic E-state index is 9.75. The molecule has 0 bridgehead atoms. The average Bonchev–Trinajstić information content (AvgIpc) is 2.44. The maximum absolute atomic E-state index is 9.75. The van der Waals surface area contributed by atoms with Crippen molar-refractivity contribution in [2.45, 2.75) is 13.8 Å². The lowest BCUT2D eigenvalue weighted by Gasteiger charge is -2.25. The third kappa shape index (κ3) is 5.18. The number of quaternary nitrogens is 1. The summed E-state index contributed by atoms with van der Waals surface area (Å²) >= 11 is 5.89. The van der Waals surface area contributed by atoms with Gasteiger partial charge in [0.2, 0.25) is 0 Å². The zero-order valence-electron chi connectivity index (χ0n) is 8.43. The molecule has 2 nitrogen and oxygen atoms in total. The Balaban J connectivity index is 0.000000336. The van der Waals surface area contributed by atoms with Crippen LogP contribution >= 0.6 is 11.6 Å². The summed E-state index contributed by atoms with van der Waals surface area (Å²) in [4.78, 5) is 4.01. The second kappa shape index (κ2) is 5.51. The molecular weight excluding hydrogens is 234 g/mol. The van der Waals surface area contributed by atoms with Crippen LogP contribution in [0, 0.1) is 0 Å². The van der Waals surface area contributed by atoms with E-state index in [1.165, 1.54) is 0 Å². The molecule has 0 saturated heterocycles. The SMILES string of the molecule is CC[N+]1(CC)C=CN=C1Cl.F[B-](F)(F)F. The fourth-order valence-electron chi connectivity index (χ4n) is 1.09. The molecule has 0 atom stereocenters. The number of nitrogens with zero attached hydrogens (tertiary/aromatic N) is 2. The lowest BCUT2D eigenvalue weighted by molar-refractivity contribution is -0.778. The van der Waals surface area contributed by atoms with Crippen LogP contribution < -0.4 is 0 Å². The van der Waals surface area contributed by atoms with E-state index in [4.69, 9.17) is 11.6 Å². The van der Waals surface area contributed by atoms with E-state index in [-0.39, 0.29) is 0 Å². The third-order valence-corrected chi connectivity index (χ3v) is 2.46. The van der Waals surface area contributed by atoms with E-state index in [0.717, 1.165) is 13.1 Å². The Bertz CT molecular complexity index is 254. The van der Waals surface area contributed by atoms with Gasteiger partial charge in [0, 0.05) is 11.6 Å². The zero-order valence-corrected chi connectivity index (χ0v) is 9.19. The summed E-state index contributed by atoms with van der Waals surface area (Å²) in [6, 6.07) is 0. The molecule has 0 unspecified atom stereocenters. The Morgan fingerprint density at radius 1 is 1.27 bits per heavy atom. The van der Waals surface area contributed by atoms with Gasteiger partial charge in [0.15, 0.2) is 0 Å². The van der Waals surface area contributed by atoms with Crippen LogP contribution in [-0.4, -0.2) is 30.1 Å². The average molecular weight is 246 g/mol. The third-order valence-electron chi connectivity index (χ3n) is 2.03. The van der Waals surface area contributed by atoms with Crippen molar-refractivity contribution >= 4 is 24.2 Å². The molecule has 0 aliphatic carbocycles. The predicted octanol–water partition coefficient (Wildman–Crippen LogP) is 3.22. The highest BCUT2D eigenvalue weighted by Gasteiger charge is 2.29. The van der Waals surface area contributed by atoms with Crippen molar-refractivity contribution in [1.29, 1.82) is 0 Å². The van der Waals surface area contributed by atoms with Gasteiger partial charge in [0.25, 0.3) is 0 Å². The van der Waals surface area contributed by atoms with E-state index in [0.29, 0.717) is 9.78 Å². The lowest BCUT2D eigenvalue weighted by atomic mass is 10.3. The Hall–Kier alpha value is -0.555. The number of aliphatic imine (C=N–C) groups is 1. The van der Waals surface area contributed by atoms with Crippen molar-refractivity contribution in [3.8, 4) is 0 Å². The van der Waals surface area contributed by atoms with Crippen LogP contribution in [0.2, 0.25) is 0 Å². The topological polar surface area (TPSA) is 12.4 Å². The van der Waals surface area contributed by atoms with Crippen LogP contribution in [0.25, 0.3) is 0 Å². The molecule has 0 spiro atoms. The summed E-state index contributed by atoms with van der Waals surface area (Å²) in [6.45, 7) is 6.18. The first-order chi connectivity index (χ1) is 6.75. The molecular formula is C7H12BClF4N2. The van der Waals surface area contributed by atoms with E-state index in [9.17, 15) is 17.3 Å². The second-order valence-electron chi connectivity index (χ2n) is 2.86. The van der Waals surface area contributed by atoms with E-state index in [2.05, 4.69) is 18.8 Å². The number of rotatable bonds is 2. The molecule has 1 aliphatic heterocycles. The summed E-state index contributed by atoms with van der Waals surface area (Å²) in [5, 5.41) is 0.685. The highest BCUT2D eigenvalue weighted by Crippen LogP contribution is 2.18. The Labute approximate surface area is 90.9 Å². The van der Waals surface area contributed by atoms with Gasteiger partial charge in [-0.15, -0.1) is 0 Å². The molecule has 15 heavy (non-hydrogen) atoms. The molecule has 0 aromatic carbocycles. The summed E-state index contributed by atoms with van der Waals surface area (Å²) < 4.78 is 39.7. The van der Waals surface area contributed by atoms with Crippen LogP contribution in [-0.2, 0) is 0 Å². The number of halogens is 5. The van der Waals surface area contributed by atoms with Crippen molar-refractivity contribution in [2.75, 3.05) is 13.1 Å². The minimum Gasteiger partial charge on any atom is -0.418 e. The molecule has 0 aromatic rings. The molecule has 0 amide bonds. The Morgan fingerprint density at radius 3 is 1.80 bits per heavy atom. The molecule has 1 heterocycles. The van der Waals surface area contributed by atoms with Crippen molar-refractivity contribution in [2.24, 2.45) is 4.99 Å². The maximum Gasteiger partial charge on any atom is 0.673 e. The fourth-order valence-corrected chi connectivity index (χ4v) is 1.45. The summed E-state index contributed by atoms with van der Waals surface area (Å²) in [5.41, 5.74) is 0. The smallest absolute Gasteiger partial charge is 0.418 e. The first kappa shape index (κ1) is 14.4. The van der Waals surface area contributed by atoms with Gasteiger partial charge in [0.1, 0.15) is 6.20 Å². The first-order valence-electron chi connectivity index (χ1n) is 4.41. The van der Waals surface area contributed by atoms with Crippen LogP contribution in [0.15, 0.2) is 17.4 Å². The monoisotopic (exact) mass is 246 g/mol. The van der Waals surface area contributed by atoms with Gasteiger partial charge < -0.3 is 17.3 Å². The number of hydrogen-bond acceptors (Lipinski definition) is 1. The summed E-state index contributed by atoms with van der Waals surface area (Å²) in [6.07, 6.45) is 3.80. The van der Waals surface area contributed by atoms with Gasteiger partial charge in [-0.1, -0.05) is 0 Å². The van der Waals surface area contributed by atoms with E-state index in [1.54, 1.807) is 6.20 Å². The Kier molecular flexibility index (Phi) is 5.30. The van der Waals surface area contributed by atoms with Crippen LogP contribution in [0.5, 0.6) is 0 Å². The summed E-state index contributed by atoms with van der Waals surface area (Å²) in [7, 11) is -6.00. The molecule has 0 radical (unpaired) electrons. The van der Waals surface area contributed by atoms with Crippen molar-refractivity contribution in [3.63, 3.8) is 0 Å². The standard InChI is InChI=1S/C7H12ClN2.BF4/c1-3-10(4-2)6-5-9-7(10)8;2-1(3,4)5/h5-6H,3-4H2,1-2H3;/q+1;-1. The van der Waals surface area contributed by atoms with Gasteiger partial charge in [-0.25, -0.2) is 4.48 Å². The van der Waals surface area contributed by atoms with Crippen LogP contribution in [0.4, 0.5) is 17.3 Å². The highest BCUT2D eigenvalue weighted by atomic mass is 35.5. The molecule has 8 heteroatoms.